The molecule has 0 bridgehead atoms. The minimum Gasteiger partial charge on any atom is -0.474 e. The number of nitrogens with one attached hydrogen (secondary N) is 1. The second-order valence-electron chi connectivity index (χ2n) is 15.5. The average Bonchev–Trinajstić information content (AvgIpc) is 4.05. The van der Waals surface area contributed by atoms with E-state index < -0.39 is 0 Å². The Morgan fingerprint density at radius 3 is 1.52 bits per heavy atom. The van der Waals surface area contributed by atoms with Crippen molar-refractivity contribution in [2.24, 2.45) is 0 Å². The first kappa shape index (κ1) is 60.5. The largest absolute Gasteiger partial charge is 0.474 e. The van der Waals surface area contributed by atoms with Crippen LogP contribution in [0.25, 0.3) is 0 Å². The van der Waals surface area contributed by atoms with Gasteiger partial charge in [0.25, 0.3) is 0 Å². The summed E-state index contributed by atoms with van der Waals surface area (Å²) in [6.45, 7) is 8.07. The third-order valence-electron chi connectivity index (χ3n) is 10.4. The first-order valence-electron chi connectivity index (χ1n) is 22.9. The molecule has 0 atom stereocenters. The van der Waals surface area contributed by atoms with Gasteiger partial charge in [0.1, 0.15) is 18.1 Å². The monoisotopic (exact) mass is 1340 g/mol. The summed E-state index contributed by atoms with van der Waals surface area (Å²) in [5, 5.41) is 20.9. The highest BCUT2D eigenvalue weighted by Crippen LogP contribution is 2.35. The molecule has 0 aliphatic heterocycles. The molecule has 6 aromatic rings. The zero-order chi connectivity index (χ0) is 50.4. The summed E-state index contributed by atoms with van der Waals surface area (Å²) in [5.41, 5.74) is 15.2. The van der Waals surface area contributed by atoms with Crippen LogP contribution in [0.3, 0.4) is 0 Å². The molecular weight excluding hydrogens is 1280 g/mol. The van der Waals surface area contributed by atoms with Crippen LogP contribution in [0.5, 0.6) is 11.8 Å². The third kappa shape index (κ3) is 23.1. The van der Waals surface area contributed by atoms with Crippen molar-refractivity contribution < 1.29 is 18.3 Å². The molecule has 4 aromatic heterocycles. The second-order valence-corrected chi connectivity index (χ2v) is 22.6. The molecule has 4 heterocycles. The van der Waals surface area contributed by atoms with Crippen LogP contribution in [0.1, 0.15) is 119 Å². The van der Waals surface area contributed by atoms with Gasteiger partial charge in [-0.15, -0.1) is 32.0 Å². The normalized spacial score (nSPS) is 17.1. The number of nitrogens with zero attached hydrogens (tertiary/aromatic N) is 7. The third-order valence-corrected chi connectivity index (χ3v) is 11.1. The van der Waals surface area contributed by atoms with Gasteiger partial charge >= 0.3 is 0 Å². The van der Waals surface area contributed by atoms with E-state index in [0.717, 1.165) is 91.3 Å². The topological polar surface area (TPSA) is 189 Å². The van der Waals surface area contributed by atoms with E-state index in [9.17, 15) is 0 Å². The number of nitrogens with two attached hydrogens (primary N) is 2. The highest BCUT2D eigenvalue weighted by atomic mass is 127. The lowest BCUT2D eigenvalue weighted by Crippen LogP contribution is -2.23. The fourth-order valence-electron chi connectivity index (χ4n) is 7.22. The quantitative estimate of drug-likeness (QED) is 0.0562. The standard InChI is InChI=1S/C22H26ClN5O2.C14H16ClN3O2.C8H11ClN2.C2H5I.C2H6.CH2I2/c1-28(13-16-12-17(23)7-10-19(16)24)14-21-26-27-22(30-21)15-5-8-18(9-6-15)29-20-4-2-3-11-25-20;15-9-13-17-18-14(20-13)10-4-6-11(7-5-10)19-12-3-1-2-8-16-12;1-11-5-6-4-7(9)2-3-8(6)10;1-2-3;1-2;2-1-3/h2-4,7,10-12,15,18H,5-6,8-9,13-14,24H2,1H3;1-3,8,10-11H,4-7,9H2;2-4,11H,5,10H2,1H3;2H2,1H3;1-2H3;1H2. The molecule has 2 saturated carbocycles. The Labute approximate surface area is 464 Å². The minimum absolute atomic E-state index is 0.188. The van der Waals surface area contributed by atoms with Crippen LogP contribution < -0.4 is 26.3 Å². The van der Waals surface area contributed by atoms with E-state index in [1.54, 1.807) is 24.5 Å². The molecule has 2 aromatic carbocycles. The number of rotatable bonds is 13. The maximum absolute atomic E-state index is 6.08. The van der Waals surface area contributed by atoms with Gasteiger partial charge in [-0.05, 0) is 130 Å². The van der Waals surface area contributed by atoms with Crippen molar-refractivity contribution in [3.63, 3.8) is 0 Å². The molecule has 5 N–H and O–H groups in total. The lowest BCUT2D eigenvalue weighted by atomic mass is 9.87. The van der Waals surface area contributed by atoms with Crippen molar-refractivity contribution in [2.45, 2.75) is 122 Å². The highest BCUT2D eigenvalue weighted by Gasteiger charge is 2.29. The van der Waals surface area contributed by atoms with E-state index in [4.69, 9.17) is 64.6 Å². The van der Waals surface area contributed by atoms with Gasteiger partial charge in [-0.3, -0.25) is 4.90 Å². The van der Waals surface area contributed by atoms with Gasteiger partial charge in [0.05, 0.1) is 8.98 Å². The second kappa shape index (κ2) is 35.3. The predicted octanol–water partition coefficient (Wildman–Crippen LogP) is 13.7. The van der Waals surface area contributed by atoms with Crippen molar-refractivity contribution in [2.75, 3.05) is 32.4 Å². The molecule has 0 unspecified atom stereocenters. The lowest BCUT2D eigenvalue weighted by Gasteiger charge is -2.26. The number of nitrogen functional groups attached to an aromatic ring is 2. The van der Waals surface area contributed by atoms with E-state index in [-0.39, 0.29) is 24.0 Å². The predicted molar refractivity (Wildman–Crippen MR) is 306 cm³/mol. The molecule has 0 radical (unpaired) electrons. The van der Waals surface area contributed by atoms with Gasteiger partial charge in [0.15, 0.2) is 0 Å². The molecule has 8 rings (SSSR count). The van der Waals surface area contributed by atoms with Crippen molar-refractivity contribution in [1.29, 1.82) is 0 Å². The Kier molecular flexibility index (Phi) is 31.0. The van der Waals surface area contributed by atoms with E-state index in [1.807, 2.05) is 88.6 Å². The Morgan fingerprint density at radius 1 is 0.667 bits per heavy atom. The zero-order valence-corrected chi connectivity index (χ0v) is 48.7. The molecule has 69 heavy (non-hydrogen) atoms. The van der Waals surface area contributed by atoms with Crippen LogP contribution in [0, 0.1) is 0 Å². The summed E-state index contributed by atoms with van der Waals surface area (Å²) < 4.78 is 25.7. The minimum atomic E-state index is 0.188. The van der Waals surface area contributed by atoms with Gasteiger partial charge in [-0.25, -0.2) is 9.97 Å². The molecule has 2 aliphatic rings. The molecule has 0 spiro atoms. The Bertz CT molecular complexity index is 2250. The van der Waals surface area contributed by atoms with Crippen LogP contribution in [0.2, 0.25) is 10.0 Å². The van der Waals surface area contributed by atoms with E-state index in [1.165, 1.54) is 6.86 Å². The molecule has 378 valence electrons. The van der Waals surface area contributed by atoms with Crippen molar-refractivity contribution >= 4 is 114 Å². The van der Waals surface area contributed by atoms with Gasteiger partial charge < -0.3 is 35.1 Å². The number of benzene rings is 2. The summed E-state index contributed by atoms with van der Waals surface area (Å²) in [7, 11) is 3.87. The van der Waals surface area contributed by atoms with Crippen LogP contribution >= 0.6 is 103 Å². The van der Waals surface area contributed by atoms with Crippen LogP contribution in [0.4, 0.5) is 11.4 Å². The van der Waals surface area contributed by atoms with E-state index in [0.29, 0.717) is 53.5 Å². The van der Waals surface area contributed by atoms with Crippen molar-refractivity contribution in [1.82, 2.24) is 40.6 Å². The molecule has 2 aliphatic carbocycles. The van der Waals surface area contributed by atoms with Gasteiger partial charge in [-0.1, -0.05) is 124 Å². The van der Waals surface area contributed by atoms with Crippen LogP contribution in [-0.2, 0) is 25.5 Å². The molecule has 2 fully saturated rings. The molecule has 0 saturated heterocycles. The Morgan fingerprint density at radius 2 is 1.10 bits per heavy atom. The lowest BCUT2D eigenvalue weighted by molar-refractivity contribution is 0.134. The Hall–Kier alpha value is -2.80. The maximum Gasteiger partial charge on any atom is 0.231 e. The number of pyridine rings is 2. The number of hydrogen-bond acceptors (Lipinski definition) is 14. The molecular formula is C49H66Cl3I3N10O4. The first-order valence-corrected chi connectivity index (χ1v) is 28.8. The number of aromatic nitrogens is 6. The number of alkyl halides is 4. The summed E-state index contributed by atoms with van der Waals surface area (Å²) in [4.78, 5) is 10.5. The smallest absolute Gasteiger partial charge is 0.231 e. The number of anilines is 2. The average molecular weight is 1350 g/mol. The van der Waals surface area contributed by atoms with Crippen LogP contribution in [-0.4, -0.2) is 68.4 Å². The molecule has 0 amide bonds. The summed E-state index contributed by atoms with van der Waals surface area (Å²) in [6.07, 6.45) is 11.7. The van der Waals surface area contributed by atoms with E-state index >= 15 is 0 Å². The van der Waals surface area contributed by atoms with Gasteiger partial charge in [0, 0.05) is 70.9 Å². The van der Waals surface area contributed by atoms with E-state index in [2.05, 4.69) is 115 Å². The van der Waals surface area contributed by atoms with Gasteiger partial charge in [0.2, 0.25) is 35.3 Å². The zero-order valence-electron chi connectivity index (χ0n) is 40.0. The highest BCUT2D eigenvalue weighted by molar-refractivity contribution is 14.2. The number of ether oxygens (including phenoxy) is 2. The van der Waals surface area contributed by atoms with Crippen molar-refractivity contribution in [3.8, 4) is 11.8 Å². The fraction of sp³-hybridized carbons (Fsp3) is 0.469. The number of hydrogen-bond donors (Lipinski definition) is 3. The van der Waals surface area contributed by atoms with Crippen molar-refractivity contribution in [3.05, 3.63) is 130 Å². The summed E-state index contributed by atoms with van der Waals surface area (Å²) in [5.74, 6) is 4.78. The fourth-order valence-corrected chi connectivity index (χ4v) is 7.72. The SMILES string of the molecule is CC.CCI.CN(Cc1nnc(C2CCC(Oc3ccccn3)CC2)o1)Cc1cc(Cl)ccc1N.CNCc1cc(Cl)ccc1N.ClCc1nnc(C2CCC(Oc3ccccn3)CC2)o1.ICI. The summed E-state index contributed by atoms with van der Waals surface area (Å²) >= 11 is 24.4. The van der Waals surface area contributed by atoms with Crippen LogP contribution in [0.15, 0.2) is 94.0 Å². The molecule has 14 nitrogen and oxygen atoms in total. The first-order chi connectivity index (χ1) is 33.5. The molecule has 20 heteroatoms. The van der Waals surface area contributed by atoms with Gasteiger partial charge in [-0.2, -0.15) is 0 Å². The number of halogens is 6. The Balaban J connectivity index is 0.000000277. The maximum atomic E-state index is 6.08. The summed E-state index contributed by atoms with van der Waals surface area (Å²) in [6, 6.07) is 22.4.